The molecule has 0 unspecified atom stereocenters. The van der Waals surface area contributed by atoms with Crippen LogP contribution in [0.15, 0.2) is 18.2 Å². The van der Waals surface area contributed by atoms with E-state index in [0.717, 1.165) is 0 Å². The molecule has 1 atom stereocenters. The van der Waals surface area contributed by atoms with Gasteiger partial charge in [0.1, 0.15) is 5.54 Å². The van der Waals surface area contributed by atoms with Gasteiger partial charge < -0.3 is 19.5 Å². The van der Waals surface area contributed by atoms with Gasteiger partial charge in [0.2, 0.25) is 6.79 Å². The van der Waals surface area contributed by atoms with E-state index in [4.69, 9.17) is 14.2 Å². The van der Waals surface area contributed by atoms with Gasteiger partial charge >= 0.3 is 6.03 Å². The van der Waals surface area contributed by atoms with Gasteiger partial charge in [0.25, 0.3) is 5.91 Å². The van der Waals surface area contributed by atoms with E-state index in [-0.39, 0.29) is 19.2 Å². The van der Waals surface area contributed by atoms with E-state index in [2.05, 4.69) is 5.32 Å². The van der Waals surface area contributed by atoms with Gasteiger partial charge in [0.05, 0.1) is 13.2 Å². The lowest BCUT2D eigenvalue weighted by Gasteiger charge is -2.22. The maximum Gasteiger partial charge on any atom is 0.325 e. The van der Waals surface area contributed by atoms with Gasteiger partial charge in [-0.3, -0.25) is 9.69 Å². The minimum atomic E-state index is -1.11. The number of hydrogen-bond donors (Lipinski definition) is 1. The molecule has 0 aromatic heterocycles. The van der Waals surface area contributed by atoms with Crippen LogP contribution in [0.2, 0.25) is 0 Å². The van der Waals surface area contributed by atoms with E-state index in [1.165, 1.54) is 4.90 Å². The van der Waals surface area contributed by atoms with Crippen molar-refractivity contribution in [3.8, 4) is 11.5 Å². The number of urea groups is 1. The highest BCUT2D eigenvalue weighted by molar-refractivity contribution is 6.07. The quantitative estimate of drug-likeness (QED) is 0.654. The second-order valence-electron chi connectivity index (χ2n) is 5.28. The summed E-state index contributed by atoms with van der Waals surface area (Å²) in [7, 11) is 0. The molecule has 2 heterocycles. The van der Waals surface area contributed by atoms with Gasteiger partial charge in [0, 0.05) is 6.61 Å². The predicted molar refractivity (Wildman–Crippen MR) is 76.7 cm³/mol. The minimum Gasteiger partial charge on any atom is -0.454 e. The third-order valence-corrected chi connectivity index (χ3v) is 3.89. The summed E-state index contributed by atoms with van der Waals surface area (Å²) in [5.74, 6) is 0.918. The van der Waals surface area contributed by atoms with Crippen LogP contribution in [-0.4, -0.2) is 43.4 Å². The first kappa shape index (κ1) is 14.6. The van der Waals surface area contributed by atoms with Crippen molar-refractivity contribution < 1.29 is 23.8 Å². The fourth-order valence-electron chi connectivity index (χ4n) is 2.60. The zero-order valence-electron chi connectivity index (χ0n) is 12.5. The highest BCUT2D eigenvalue weighted by Crippen LogP contribution is 2.37. The SMILES string of the molecule is CCOCCN1C(=O)N[C@@](C)(c2ccc3c(c2)OCO3)C1=O. The Bertz CT molecular complexity index is 618. The fraction of sp³-hybridized carbons (Fsp3) is 0.467. The number of benzene rings is 1. The topological polar surface area (TPSA) is 77.1 Å². The molecule has 7 nitrogen and oxygen atoms in total. The smallest absolute Gasteiger partial charge is 0.325 e. The molecule has 1 aromatic carbocycles. The van der Waals surface area contributed by atoms with Crippen molar-refractivity contribution in [2.45, 2.75) is 19.4 Å². The first-order chi connectivity index (χ1) is 10.6. The van der Waals surface area contributed by atoms with Gasteiger partial charge in [-0.1, -0.05) is 6.07 Å². The minimum absolute atomic E-state index is 0.163. The number of carbonyl (C=O) groups excluding carboxylic acids is 2. The Balaban J connectivity index is 1.83. The molecule has 1 aromatic rings. The monoisotopic (exact) mass is 306 g/mol. The van der Waals surface area contributed by atoms with Crippen molar-refractivity contribution in [3.05, 3.63) is 23.8 Å². The van der Waals surface area contributed by atoms with Crippen molar-refractivity contribution >= 4 is 11.9 Å². The van der Waals surface area contributed by atoms with Crippen molar-refractivity contribution in [2.75, 3.05) is 26.6 Å². The van der Waals surface area contributed by atoms with Gasteiger partial charge in [0.15, 0.2) is 11.5 Å². The van der Waals surface area contributed by atoms with Crippen molar-refractivity contribution in [2.24, 2.45) is 0 Å². The van der Waals surface area contributed by atoms with Crippen LogP contribution >= 0.6 is 0 Å². The molecular weight excluding hydrogens is 288 g/mol. The predicted octanol–water partition coefficient (Wildman–Crippen LogP) is 1.22. The maximum absolute atomic E-state index is 12.6. The summed E-state index contributed by atoms with van der Waals surface area (Å²) < 4.78 is 15.8. The molecule has 2 aliphatic heterocycles. The molecule has 0 spiro atoms. The third kappa shape index (κ3) is 2.27. The van der Waals surface area contributed by atoms with Crippen LogP contribution in [-0.2, 0) is 15.1 Å². The first-order valence-corrected chi connectivity index (χ1v) is 7.18. The van der Waals surface area contributed by atoms with Crippen molar-refractivity contribution in [1.29, 1.82) is 0 Å². The molecule has 1 fully saturated rings. The summed E-state index contributed by atoms with van der Waals surface area (Å²) >= 11 is 0. The van der Waals surface area contributed by atoms with E-state index < -0.39 is 11.6 Å². The van der Waals surface area contributed by atoms with Crippen molar-refractivity contribution in [1.82, 2.24) is 10.2 Å². The average molecular weight is 306 g/mol. The number of imide groups is 1. The molecular formula is C15H18N2O5. The van der Waals surface area contributed by atoms with E-state index in [9.17, 15) is 9.59 Å². The van der Waals surface area contributed by atoms with Gasteiger partial charge in [-0.05, 0) is 31.5 Å². The Morgan fingerprint density at radius 2 is 2.09 bits per heavy atom. The molecule has 22 heavy (non-hydrogen) atoms. The number of nitrogens with one attached hydrogen (secondary N) is 1. The van der Waals surface area contributed by atoms with Crippen molar-refractivity contribution in [3.63, 3.8) is 0 Å². The number of amides is 3. The molecule has 1 saturated heterocycles. The third-order valence-electron chi connectivity index (χ3n) is 3.89. The Kier molecular flexibility index (Phi) is 3.66. The molecule has 2 aliphatic rings. The highest BCUT2D eigenvalue weighted by atomic mass is 16.7. The van der Waals surface area contributed by atoms with E-state index in [1.54, 1.807) is 25.1 Å². The van der Waals surface area contributed by atoms with E-state index >= 15 is 0 Å². The summed E-state index contributed by atoms with van der Waals surface area (Å²) in [6.45, 7) is 4.82. The van der Waals surface area contributed by atoms with Crippen LogP contribution in [0.1, 0.15) is 19.4 Å². The Hall–Kier alpha value is -2.28. The molecule has 3 rings (SSSR count). The number of nitrogens with zero attached hydrogens (tertiary/aromatic N) is 1. The number of carbonyl (C=O) groups is 2. The maximum atomic E-state index is 12.6. The fourth-order valence-corrected chi connectivity index (χ4v) is 2.60. The summed E-state index contributed by atoms with van der Waals surface area (Å²) in [6.07, 6.45) is 0. The largest absolute Gasteiger partial charge is 0.454 e. The van der Waals surface area contributed by atoms with Crippen LogP contribution in [0.25, 0.3) is 0 Å². The second kappa shape index (κ2) is 5.49. The summed E-state index contributed by atoms with van der Waals surface area (Å²) in [5, 5.41) is 2.75. The number of hydrogen-bond acceptors (Lipinski definition) is 5. The summed E-state index contributed by atoms with van der Waals surface area (Å²) in [6, 6.07) is 4.82. The number of ether oxygens (including phenoxy) is 3. The van der Waals surface area contributed by atoms with Crippen LogP contribution in [0, 0.1) is 0 Å². The van der Waals surface area contributed by atoms with Gasteiger partial charge in [-0.25, -0.2) is 4.79 Å². The lowest BCUT2D eigenvalue weighted by atomic mass is 9.91. The average Bonchev–Trinajstić information content (AvgIpc) is 3.05. The van der Waals surface area contributed by atoms with Gasteiger partial charge in [-0.15, -0.1) is 0 Å². The standard InChI is InChI=1S/C15H18N2O5/c1-3-20-7-6-17-13(18)15(2,16-14(17)19)10-4-5-11-12(8-10)22-9-21-11/h4-5,8H,3,6-7,9H2,1-2H3,(H,16,19)/t15-/m0/s1. The molecule has 0 saturated carbocycles. The molecule has 0 aliphatic carbocycles. The zero-order valence-corrected chi connectivity index (χ0v) is 12.5. The lowest BCUT2D eigenvalue weighted by molar-refractivity contribution is -0.131. The second-order valence-corrected chi connectivity index (χ2v) is 5.28. The lowest BCUT2D eigenvalue weighted by Crippen LogP contribution is -2.41. The van der Waals surface area contributed by atoms with Crippen LogP contribution < -0.4 is 14.8 Å². The van der Waals surface area contributed by atoms with Crippen LogP contribution in [0.4, 0.5) is 4.79 Å². The number of rotatable bonds is 5. The Morgan fingerprint density at radius 3 is 2.86 bits per heavy atom. The molecule has 0 radical (unpaired) electrons. The van der Waals surface area contributed by atoms with E-state index in [0.29, 0.717) is 30.3 Å². The Morgan fingerprint density at radius 1 is 1.32 bits per heavy atom. The molecule has 1 N–H and O–H groups in total. The molecule has 118 valence electrons. The molecule has 3 amide bonds. The normalized spacial score (nSPS) is 23.1. The highest BCUT2D eigenvalue weighted by Gasteiger charge is 2.49. The molecule has 0 bridgehead atoms. The first-order valence-electron chi connectivity index (χ1n) is 7.18. The van der Waals surface area contributed by atoms with E-state index in [1.807, 2.05) is 6.92 Å². The van der Waals surface area contributed by atoms with Crippen LogP contribution in [0.3, 0.4) is 0 Å². The summed E-state index contributed by atoms with van der Waals surface area (Å²) in [5.41, 5.74) is -0.446. The van der Waals surface area contributed by atoms with Crippen LogP contribution in [0.5, 0.6) is 11.5 Å². The summed E-state index contributed by atoms with van der Waals surface area (Å²) in [4.78, 5) is 25.9. The zero-order chi connectivity index (χ0) is 15.7. The molecule has 7 heteroatoms. The van der Waals surface area contributed by atoms with Gasteiger partial charge in [-0.2, -0.15) is 0 Å². The number of fused-ring (bicyclic) bond motifs is 1. The Labute approximate surface area is 128 Å².